The summed E-state index contributed by atoms with van der Waals surface area (Å²) >= 11 is 0. The second kappa shape index (κ2) is 5.77. The Balaban J connectivity index is 0.000000288. The van der Waals surface area contributed by atoms with Crippen LogP contribution in [0.3, 0.4) is 0 Å². The molecule has 1 aromatic rings. The van der Waals surface area contributed by atoms with Crippen LogP contribution >= 0.6 is 0 Å². The number of aromatic hydroxyl groups is 1. The first-order chi connectivity index (χ1) is 7.10. The fraction of sp³-hybridized carbons (Fsp3) is 0. The van der Waals surface area contributed by atoms with Crippen LogP contribution in [-0.2, 0) is 20.6 Å². The van der Waals surface area contributed by atoms with Gasteiger partial charge in [0, 0.05) is 0 Å². The van der Waals surface area contributed by atoms with Crippen molar-refractivity contribution in [3.63, 3.8) is 0 Å². The Morgan fingerprint density at radius 2 is 1.25 bits per heavy atom. The average molecular weight is 271 g/mol. The SMILES string of the molecule is O=S(=O)(O)NS(=O)(=O)O.Oc1ccccc1. The molecule has 16 heavy (non-hydrogen) atoms. The molecule has 1 aromatic carbocycles. The minimum atomic E-state index is -4.87. The van der Waals surface area contributed by atoms with Gasteiger partial charge in [-0.1, -0.05) is 22.3 Å². The molecule has 0 spiro atoms. The van der Waals surface area contributed by atoms with E-state index in [4.69, 9.17) is 14.2 Å². The third-order valence-corrected chi connectivity index (χ3v) is 2.65. The van der Waals surface area contributed by atoms with Crippen LogP contribution in [-0.4, -0.2) is 31.0 Å². The number of nitrogens with one attached hydrogen (secondary N) is 1. The van der Waals surface area contributed by atoms with Gasteiger partial charge in [0.1, 0.15) is 5.75 Å². The Morgan fingerprint density at radius 1 is 0.875 bits per heavy atom. The highest BCUT2D eigenvalue weighted by atomic mass is 32.3. The van der Waals surface area contributed by atoms with E-state index in [9.17, 15) is 16.8 Å². The number of phenols is 1. The Kier molecular flexibility index (Phi) is 5.33. The summed E-state index contributed by atoms with van der Waals surface area (Å²) in [5.74, 6) is 0.322. The Hall–Kier alpha value is -1.20. The largest absolute Gasteiger partial charge is 0.508 e. The molecule has 0 aliphatic heterocycles. The lowest BCUT2D eigenvalue weighted by Gasteiger charge is -1.91. The van der Waals surface area contributed by atoms with Gasteiger partial charge in [-0.3, -0.25) is 9.11 Å². The molecule has 0 bridgehead atoms. The van der Waals surface area contributed by atoms with Gasteiger partial charge in [-0.2, -0.15) is 16.8 Å². The van der Waals surface area contributed by atoms with E-state index >= 15 is 0 Å². The van der Waals surface area contributed by atoms with E-state index in [0.717, 1.165) is 0 Å². The molecule has 0 unspecified atom stereocenters. The first-order valence-corrected chi connectivity index (χ1v) is 6.45. The molecule has 0 saturated carbocycles. The minimum Gasteiger partial charge on any atom is -0.508 e. The van der Waals surface area contributed by atoms with Gasteiger partial charge in [-0.05, 0) is 12.1 Å². The quantitative estimate of drug-likeness (QED) is 0.535. The van der Waals surface area contributed by atoms with E-state index in [2.05, 4.69) is 0 Å². The summed E-state index contributed by atoms with van der Waals surface area (Å²) < 4.78 is 54.1. The van der Waals surface area contributed by atoms with Gasteiger partial charge in [0.05, 0.1) is 0 Å². The predicted molar refractivity (Wildman–Crippen MR) is 54.3 cm³/mol. The maximum Gasteiger partial charge on any atom is 0.348 e. The van der Waals surface area contributed by atoms with E-state index in [0.29, 0.717) is 9.88 Å². The molecule has 92 valence electrons. The molecule has 0 heterocycles. The van der Waals surface area contributed by atoms with E-state index in [1.807, 2.05) is 6.07 Å². The number of hydrogen-bond acceptors (Lipinski definition) is 5. The molecule has 0 fully saturated rings. The Labute approximate surface area is 92.3 Å². The third-order valence-electron chi connectivity index (χ3n) is 0.967. The maximum atomic E-state index is 9.55. The van der Waals surface area contributed by atoms with E-state index in [1.54, 1.807) is 24.3 Å². The number of hydrogen-bond donors (Lipinski definition) is 4. The lowest BCUT2D eigenvalue weighted by atomic mass is 10.3. The van der Waals surface area contributed by atoms with Crippen LogP contribution in [0.15, 0.2) is 30.3 Å². The predicted octanol–water partition coefficient (Wildman–Crippen LogP) is -0.426. The second-order valence-corrected chi connectivity index (χ2v) is 4.94. The van der Waals surface area contributed by atoms with Crippen molar-refractivity contribution in [1.82, 2.24) is 4.13 Å². The van der Waals surface area contributed by atoms with Gasteiger partial charge < -0.3 is 5.11 Å². The summed E-state index contributed by atoms with van der Waals surface area (Å²) in [7, 11) is -9.74. The summed E-state index contributed by atoms with van der Waals surface area (Å²) in [5.41, 5.74) is 0. The van der Waals surface area contributed by atoms with Crippen molar-refractivity contribution in [2.75, 3.05) is 0 Å². The summed E-state index contributed by atoms with van der Waals surface area (Å²) in [6, 6.07) is 8.71. The lowest BCUT2D eigenvalue weighted by molar-refractivity contribution is 0.456. The molecule has 0 atom stereocenters. The van der Waals surface area contributed by atoms with Crippen LogP contribution in [0.2, 0.25) is 0 Å². The summed E-state index contributed by atoms with van der Waals surface area (Å²) in [5, 5.41) is 8.63. The van der Waals surface area contributed by atoms with Crippen LogP contribution in [0.25, 0.3) is 0 Å². The highest BCUT2D eigenvalue weighted by Gasteiger charge is 2.12. The van der Waals surface area contributed by atoms with Crippen molar-refractivity contribution < 1.29 is 31.0 Å². The maximum absolute atomic E-state index is 9.55. The molecule has 10 heteroatoms. The van der Waals surface area contributed by atoms with Crippen molar-refractivity contribution >= 4 is 20.6 Å². The van der Waals surface area contributed by atoms with E-state index in [1.165, 1.54) is 0 Å². The monoisotopic (exact) mass is 271 g/mol. The fourth-order valence-corrected chi connectivity index (χ4v) is 1.63. The average Bonchev–Trinajstić information content (AvgIpc) is 1.99. The van der Waals surface area contributed by atoms with E-state index < -0.39 is 20.6 Å². The molecule has 0 aliphatic rings. The molecular weight excluding hydrogens is 262 g/mol. The molecule has 0 aliphatic carbocycles. The summed E-state index contributed by atoms with van der Waals surface area (Å²) in [4.78, 5) is 0. The van der Waals surface area contributed by atoms with Gasteiger partial charge in [0.15, 0.2) is 0 Å². The molecular formula is C6H9NO7S2. The zero-order valence-corrected chi connectivity index (χ0v) is 9.31. The zero-order chi connectivity index (χ0) is 12.8. The molecule has 8 nitrogen and oxygen atoms in total. The molecule has 0 amide bonds. The Morgan fingerprint density at radius 3 is 1.38 bits per heavy atom. The molecule has 0 aromatic heterocycles. The molecule has 0 saturated heterocycles. The van der Waals surface area contributed by atoms with Crippen LogP contribution in [0.4, 0.5) is 0 Å². The van der Waals surface area contributed by atoms with Crippen LogP contribution in [0.1, 0.15) is 0 Å². The first kappa shape index (κ1) is 14.8. The van der Waals surface area contributed by atoms with Gasteiger partial charge in [0.2, 0.25) is 0 Å². The number of phenolic OH excluding ortho intramolecular Hbond substituents is 1. The third kappa shape index (κ3) is 10.9. The van der Waals surface area contributed by atoms with Gasteiger partial charge in [0.25, 0.3) is 0 Å². The lowest BCUT2D eigenvalue weighted by Crippen LogP contribution is -2.28. The van der Waals surface area contributed by atoms with Gasteiger partial charge >= 0.3 is 20.6 Å². The fourth-order valence-electron chi connectivity index (χ4n) is 0.561. The van der Waals surface area contributed by atoms with Crippen LogP contribution in [0, 0.1) is 0 Å². The molecule has 0 radical (unpaired) electrons. The van der Waals surface area contributed by atoms with Crippen molar-refractivity contribution in [3.05, 3.63) is 30.3 Å². The highest BCUT2D eigenvalue weighted by molar-refractivity contribution is 7.99. The normalized spacial score (nSPS) is 11.4. The van der Waals surface area contributed by atoms with E-state index in [-0.39, 0.29) is 0 Å². The minimum absolute atomic E-state index is 0.322. The van der Waals surface area contributed by atoms with Crippen molar-refractivity contribution in [2.45, 2.75) is 0 Å². The zero-order valence-electron chi connectivity index (χ0n) is 7.68. The summed E-state index contributed by atoms with van der Waals surface area (Å²) in [6.07, 6.45) is 0. The van der Waals surface area contributed by atoms with Crippen molar-refractivity contribution in [2.24, 2.45) is 0 Å². The molecule has 4 N–H and O–H groups in total. The van der Waals surface area contributed by atoms with Crippen molar-refractivity contribution in [1.29, 1.82) is 0 Å². The Bertz CT molecular complexity index is 477. The number of rotatable bonds is 2. The van der Waals surface area contributed by atoms with Gasteiger partial charge in [-0.15, -0.1) is 0 Å². The standard InChI is InChI=1S/C6H6O.H3NO6S2/c7-6-4-2-1-3-5-6;2-8(3,4)1-9(5,6)7/h1-5,7H;1H,(H,2,3,4)(H,5,6,7). The first-order valence-electron chi connectivity index (χ1n) is 3.57. The van der Waals surface area contributed by atoms with Crippen LogP contribution in [0.5, 0.6) is 5.75 Å². The smallest absolute Gasteiger partial charge is 0.348 e. The molecule has 1 rings (SSSR count). The number of para-hydroxylation sites is 1. The second-order valence-electron chi connectivity index (χ2n) is 2.37. The van der Waals surface area contributed by atoms with Crippen molar-refractivity contribution in [3.8, 4) is 5.75 Å². The summed E-state index contributed by atoms with van der Waals surface area (Å²) in [6.45, 7) is 0. The van der Waals surface area contributed by atoms with Crippen LogP contribution < -0.4 is 4.13 Å². The highest BCUT2D eigenvalue weighted by Crippen LogP contribution is 2.02. The number of benzene rings is 1. The van der Waals surface area contributed by atoms with Gasteiger partial charge in [-0.25, -0.2) is 0 Å². The topological polar surface area (TPSA) is 141 Å².